The SMILES string of the molecule is COc1c(-c2ccc3c(c2)OCO3)oc2c(OC)c3c(c(O)c2c1=O)OCO3. The van der Waals surface area contributed by atoms with Gasteiger partial charge in [-0.1, -0.05) is 0 Å². The van der Waals surface area contributed by atoms with Gasteiger partial charge in [-0.25, -0.2) is 0 Å². The van der Waals surface area contributed by atoms with E-state index < -0.39 is 11.2 Å². The molecule has 0 saturated heterocycles. The Balaban J connectivity index is 1.86. The Hall–Kier alpha value is -3.75. The zero-order valence-electron chi connectivity index (χ0n) is 14.9. The molecule has 1 N–H and O–H groups in total. The van der Waals surface area contributed by atoms with E-state index in [0.29, 0.717) is 17.1 Å². The quantitative estimate of drug-likeness (QED) is 0.727. The van der Waals surface area contributed by atoms with Gasteiger partial charge < -0.3 is 37.9 Å². The number of hydrogen-bond donors (Lipinski definition) is 1. The molecule has 5 rings (SSSR count). The summed E-state index contributed by atoms with van der Waals surface area (Å²) in [5.74, 6) is 1.10. The highest BCUT2D eigenvalue weighted by Crippen LogP contribution is 2.53. The zero-order valence-corrected chi connectivity index (χ0v) is 14.9. The van der Waals surface area contributed by atoms with Gasteiger partial charge in [0, 0.05) is 5.56 Å². The van der Waals surface area contributed by atoms with Crippen molar-refractivity contribution in [3.8, 4) is 51.6 Å². The lowest BCUT2D eigenvalue weighted by molar-refractivity contribution is 0.169. The molecule has 1 aromatic heterocycles. The van der Waals surface area contributed by atoms with Crippen LogP contribution in [0.5, 0.6) is 40.2 Å². The molecule has 0 aliphatic carbocycles. The van der Waals surface area contributed by atoms with Crippen LogP contribution in [0.15, 0.2) is 27.4 Å². The van der Waals surface area contributed by atoms with Crippen molar-refractivity contribution in [3.63, 3.8) is 0 Å². The van der Waals surface area contributed by atoms with Crippen LogP contribution < -0.4 is 33.8 Å². The minimum absolute atomic E-state index is 0.0164. The summed E-state index contributed by atoms with van der Waals surface area (Å²) in [5, 5.41) is 10.4. The normalized spacial score (nSPS) is 13.8. The van der Waals surface area contributed by atoms with Crippen LogP contribution in [0.3, 0.4) is 0 Å². The monoisotopic (exact) mass is 386 g/mol. The van der Waals surface area contributed by atoms with Crippen molar-refractivity contribution < 1.29 is 37.9 Å². The minimum Gasteiger partial charge on any atom is -0.504 e. The summed E-state index contributed by atoms with van der Waals surface area (Å²) in [6.07, 6.45) is 0. The van der Waals surface area contributed by atoms with E-state index in [9.17, 15) is 9.90 Å². The van der Waals surface area contributed by atoms with Crippen LogP contribution in [0.1, 0.15) is 0 Å². The number of ether oxygens (including phenoxy) is 6. The first-order valence-corrected chi connectivity index (χ1v) is 8.27. The number of fused-ring (bicyclic) bond motifs is 3. The van der Waals surface area contributed by atoms with Crippen LogP contribution in [0.4, 0.5) is 0 Å². The Labute approximate surface area is 157 Å². The molecule has 0 bridgehead atoms. The largest absolute Gasteiger partial charge is 0.504 e. The fourth-order valence-corrected chi connectivity index (χ4v) is 3.33. The number of hydrogen-bond acceptors (Lipinski definition) is 9. The molecule has 0 saturated carbocycles. The molecular formula is C19H14O9. The molecule has 28 heavy (non-hydrogen) atoms. The molecular weight excluding hydrogens is 372 g/mol. The summed E-state index contributed by atoms with van der Waals surface area (Å²) in [6, 6.07) is 5.09. The molecule has 2 aromatic carbocycles. The van der Waals surface area contributed by atoms with Gasteiger partial charge in [0.05, 0.1) is 14.2 Å². The predicted octanol–water partition coefficient (Wildman–Crippen LogP) is 2.64. The summed E-state index contributed by atoms with van der Waals surface area (Å²) < 4.78 is 38.0. The molecule has 0 fully saturated rings. The molecule has 9 heteroatoms. The van der Waals surface area contributed by atoms with Crippen molar-refractivity contribution >= 4 is 11.0 Å². The van der Waals surface area contributed by atoms with E-state index in [4.69, 9.17) is 32.8 Å². The number of aromatic hydroxyl groups is 1. The summed E-state index contributed by atoms with van der Waals surface area (Å²) in [6.45, 7) is -0.00131. The second-order valence-corrected chi connectivity index (χ2v) is 6.01. The van der Waals surface area contributed by atoms with Gasteiger partial charge in [-0.3, -0.25) is 4.79 Å². The van der Waals surface area contributed by atoms with Gasteiger partial charge >= 0.3 is 0 Å². The lowest BCUT2D eigenvalue weighted by atomic mass is 10.1. The standard InChI is InChI=1S/C19H14O9/c1-22-16-12(20)11-13(21)17-19(27-7-26-17)18(23-2)15(11)28-14(16)8-3-4-9-10(5-8)25-6-24-9/h3-5,21H,6-7H2,1-2H3. The highest BCUT2D eigenvalue weighted by Gasteiger charge is 2.32. The first kappa shape index (κ1) is 16.4. The van der Waals surface area contributed by atoms with E-state index >= 15 is 0 Å². The molecule has 3 heterocycles. The molecule has 0 unspecified atom stereocenters. The maximum absolute atomic E-state index is 13.1. The Morgan fingerprint density at radius 1 is 0.929 bits per heavy atom. The second-order valence-electron chi connectivity index (χ2n) is 6.01. The number of phenolic OH excluding ortho intramolecular Hbond substituents is 1. The van der Waals surface area contributed by atoms with Crippen molar-refractivity contribution in [2.75, 3.05) is 27.8 Å². The van der Waals surface area contributed by atoms with Crippen molar-refractivity contribution in [1.82, 2.24) is 0 Å². The van der Waals surface area contributed by atoms with Crippen LogP contribution in [0.2, 0.25) is 0 Å². The average Bonchev–Trinajstić information content (AvgIpc) is 3.37. The Morgan fingerprint density at radius 2 is 1.64 bits per heavy atom. The molecule has 144 valence electrons. The first-order chi connectivity index (χ1) is 13.6. The topological polar surface area (TPSA) is 106 Å². The molecule has 2 aliphatic rings. The Kier molecular flexibility index (Phi) is 3.45. The fraction of sp³-hybridized carbons (Fsp3) is 0.211. The molecule has 9 nitrogen and oxygen atoms in total. The molecule has 2 aliphatic heterocycles. The van der Waals surface area contributed by atoms with E-state index in [2.05, 4.69) is 0 Å². The molecule has 0 amide bonds. The maximum atomic E-state index is 13.1. The predicted molar refractivity (Wildman–Crippen MR) is 94.9 cm³/mol. The van der Waals surface area contributed by atoms with Gasteiger partial charge in [0.25, 0.3) is 0 Å². The van der Waals surface area contributed by atoms with Crippen LogP contribution >= 0.6 is 0 Å². The van der Waals surface area contributed by atoms with Crippen molar-refractivity contribution in [1.29, 1.82) is 0 Å². The number of rotatable bonds is 3. The van der Waals surface area contributed by atoms with Gasteiger partial charge in [-0.15, -0.1) is 0 Å². The molecule has 3 aromatic rings. The van der Waals surface area contributed by atoms with Crippen molar-refractivity contribution in [2.45, 2.75) is 0 Å². The van der Waals surface area contributed by atoms with Gasteiger partial charge in [-0.2, -0.15) is 0 Å². The van der Waals surface area contributed by atoms with Gasteiger partial charge in [-0.05, 0) is 18.2 Å². The molecule has 0 atom stereocenters. The van der Waals surface area contributed by atoms with Gasteiger partial charge in [0.1, 0.15) is 5.39 Å². The second kappa shape index (κ2) is 5.88. The van der Waals surface area contributed by atoms with E-state index in [1.54, 1.807) is 18.2 Å². The van der Waals surface area contributed by atoms with E-state index in [1.807, 2.05) is 0 Å². The third kappa shape index (κ3) is 2.10. The summed E-state index contributed by atoms with van der Waals surface area (Å²) in [4.78, 5) is 13.1. The maximum Gasteiger partial charge on any atom is 0.239 e. The number of phenols is 1. The average molecular weight is 386 g/mol. The lowest BCUT2D eigenvalue weighted by Crippen LogP contribution is -2.08. The highest BCUT2D eigenvalue weighted by atomic mass is 16.7. The number of methoxy groups -OCH3 is 2. The molecule has 0 spiro atoms. The van der Waals surface area contributed by atoms with E-state index in [-0.39, 0.29) is 53.3 Å². The minimum atomic E-state index is -0.578. The van der Waals surface area contributed by atoms with E-state index in [0.717, 1.165) is 0 Å². The lowest BCUT2D eigenvalue weighted by Gasteiger charge is -2.14. The number of benzene rings is 2. The first-order valence-electron chi connectivity index (χ1n) is 8.27. The molecule has 0 radical (unpaired) electrons. The summed E-state index contributed by atoms with van der Waals surface area (Å²) in [7, 11) is 2.74. The van der Waals surface area contributed by atoms with Gasteiger partial charge in [0.15, 0.2) is 28.6 Å². The third-order valence-corrected chi connectivity index (χ3v) is 4.59. The smallest absolute Gasteiger partial charge is 0.239 e. The highest BCUT2D eigenvalue weighted by molar-refractivity contribution is 5.96. The van der Waals surface area contributed by atoms with Crippen LogP contribution in [-0.2, 0) is 0 Å². The third-order valence-electron chi connectivity index (χ3n) is 4.59. The van der Waals surface area contributed by atoms with Crippen molar-refractivity contribution in [3.05, 3.63) is 28.4 Å². The van der Waals surface area contributed by atoms with Crippen molar-refractivity contribution in [2.24, 2.45) is 0 Å². The van der Waals surface area contributed by atoms with Crippen LogP contribution in [0, 0.1) is 0 Å². The Morgan fingerprint density at radius 3 is 2.43 bits per heavy atom. The van der Waals surface area contributed by atoms with Crippen LogP contribution in [0.25, 0.3) is 22.3 Å². The summed E-state index contributed by atoms with van der Waals surface area (Å²) in [5.41, 5.74) is -0.0347. The fourth-order valence-electron chi connectivity index (χ4n) is 3.33. The van der Waals surface area contributed by atoms with Crippen LogP contribution in [-0.4, -0.2) is 32.9 Å². The summed E-state index contributed by atoms with van der Waals surface area (Å²) >= 11 is 0. The van der Waals surface area contributed by atoms with Gasteiger partial charge in [0.2, 0.25) is 42.0 Å². The Bertz CT molecular complexity index is 1180. The zero-order chi connectivity index (χ0) is 19.4. The van der Waals surface area contributed by atoms with E-state index in [1.165, 1.54) is 14.2 Å².